The van der Waals surface area contributed by atoms with E-state index in [2.05, 4.69) is 54.8 Å². The highest BCUT2D eigenvalue weighted by molar-refractivity contribution is 5.49. The molecule has 1 saturated heterocycles. The minimum absolute atomic E-state index is 0.365. The number of nitrogens with zero attached hydrogens (tertiary/aromatic N) is 4. The summed E-state index contributed by atoms with van der Waals surface area (Å²) in [6.45, 7) is 13.7. The van der Waals surface area contributed by atoms with Crippen molar-refractivity contribution < 1.29 is 0 Å². The van der Waals surface area contributed by atoms with Crippen LogP contribution in [-0.2, 0) is 6.54 Å². The standard InChI is InChI=1S/C16H29N5/c1-12(2)16-18-11-15(14(19-16)10-17-13(3)4)21-8-6-20(5)7-9-21/h11-13,17H,6-10H2,1-5H3. The van der Waals surface area contributed by atoms with Crippen LogP contribution in [0.5, 0.6) is 0 Å². The number of hydrogen-bond donors (Lipinski definition) is 1. The van der Waals surface area contributed by atoms with Gasteiger partial charge in [-0.2, -0.15) is 0 Å². The summed E-state index contributed by atoms with van der Waals surface area (Å²) >= 11 is 0. The molecule has 1 aromatic heterocycles. The van der Waals surface area contributed by atoms with Gasteiger partial charge >= 0.3 is 0 Å². The fourth-order valence-corrected chi connectivity index (χ4v) is 2.45. The third-order valence-electron chi connectivity index (χ3n) is 3.90. The highest BCUT2D eigenvalue weighted by Gasteiger charge is 2.19. The lowest BCUT2D eigenvalue weighted by molar-refractivity contribution is 0.312. The molecular formula is C16H29N5. The van der Waals surface area contributed by atoms with Crippen molar-refractivity contribution in [2.75, 3.05) is 38.1 Å². The van der Waals surface area contributed by atoms with E-state index in [1.54, 1.807) is 0 Å². The molecule has 21 heavy (non-hydrogen) atoms. The van der Waals surface area contributed by atoms with Gasteiger partial charge in [-0.25, -0.2) is 9.97 Å². The molecule has 0 atom stereocenters. The molecule has 118 valence electrons. The SMILES string of the molecule is CC(C)NCc1nc(C(C)C)ncc1N1CCN(C)CC1. The van der Waals surface area contributed by atoms with Crippen LogP contribution in [0.1, 0.15) is 45.1 Å². The number of anilines is 1. The molecule has 0 saturated carbocycles. The second-order valence-electron chi connectivity index (χ2n) is 6.54. The quantitative estimate of drug-likeness (QED) is 0.897. The van der Waals surface area contributed by atoms with Crippen molar-refractivity contribution in [2.45, 2.75) is 46.2 Å². The van der Waals surface area contributed by atoms with Gasteiger partial charge in [0.15, 0.2) is 0 Å². The molecule has 1 N–H and O–H groups in total. The van der Waals surface area contributed by atoms with Crippen LogP contribution < -0.4 is 10.2 Å². The monoisotopic (exact) mass is 291 g/mol. The zero-order valence-corrected chi connectivity index (χ0v) is 14.1. The van der Waals surface area contributed by atoms with Crippen LogP contribution in [0.25, 0.3) is 0 Å². The first kappa shape index (κ1) is 16.2. The summed E-state index contributed by atoms with van der Waals surface area (Å²) in [4.78, 5) is 14.2. The predicted octanol–water partition coefficient (Wildman–Crippen LogP) is 1.85. The molecule has 2 heterocycles. The van der Waals surface area contributed by atoms with Crippen molar-refractivity contribution in [2.24, 2.45) is 0 Å². The lowest BCUT2D eigenvalue weighted by Crippen LogP contribution is -2.45. The molecule has 0 aromatic carbocycles. The van der Waals surface area contributed by atoms with Gasteiger partial charge in [0.2, 0.25) is 0 Å². The lowest BCUT2D eigenvalue weighted by atomic mass is 10.2. The van der Waals surface area contributed by atoms with Crippen LogP contribution in [-0.4, -0.2) is 54.1 Å². The molecular weight excluding hydrogens is 262 g/mol. The number of aromatic nitrogens is 2. The minimum atomic E-state index is 0.365. The van der Waals surface area contributed by atoms with Crippen LogP contribution in [0, 0.1) is 0 Å². The van der Waals surface area contributed by atoms with Crippen molar-refractivity contribution >= 4 is 5.69 Å². The van der Waals surface area contributed by atoms with Gasteiger partial charge in [-0.1, -0.05) is 27.7 Å². The van der Waals surface area contributed by atoms with E-state index in [1.807, 2.05) is 6.20 Å². The molecule has 0 amide bonds. The third-order valence-corrected chi connectivity index (χ3v) is 3.90. The van der Waals surface area contributed by atoms with E-state index in [0.717, 1.165) is 44.2 Å². The first-order chi connectivity index (χ1) is 9.97. The van der Waals surface area contributed by atoms with E-state index < -0.39 is 0 Å². The van der Waals surface area contributed by atoms with E-state index in [-0.39, 0.29) is 0 Å². The van der Waals surface area contributed by atoms with E-state index in [0.29, 0.717) is 12.0 Å². The van der Waals surface area contributed by atoms with E-state index >= 15 is 0 Å². The Bertz CT molecular complexity index is 450. The normalized spacial score (nSPS) is 17.0. The Labute approximate surface area is 128 Å². The molecule has 5 nitrogen and oxygen atoms in total. The average Bonchev–Trinajstić information content (AvgIpc) is 2.45. The zero-order valence-electron chi connectivity index (χ0n) is 14.1. The summed E-state index contributed by atoms with van der Waals surface area (Å²) in [6, 6.07) is 0.461. The third kappa shape index (κ3) is 4.38. The molecule has 0 unspecified atom stereocenters. The number of rotatable bonds is 5. The van der Waals surface area contributed by atoms with Crippen molar-refractivity contribution in [1.82, 2.24) is 20.2 Å². The second-order valence-corrected chi connectivity index (χ2v) is 6.54. The molecule has 1 aliphatic rings. The average molecular weight is 291 g/mol. The van der Waals surface area contributed by atoms with Crippen LogP contribution in [0.2, 0.25) is 0 Å². The Morgan fingerprint density at radius 2 is 1.81 bits per heavy atom. The topological polar surface area (TPSA) is 44.3 Å². The fourth-order valence-electron chi connectivity index (χ4n) is 2.45. The molecule has 1 aliphatic heterocycles. The van der Waals surface area contributed by atoms with Crippen LogP contribution in [0.4, 0.5) is 5.69 Å². The fraction of sp³-hybridized carbons (Fsp3) is 0.750. The maximum absolute atomic E-state index is 4.81. The van der Waals surface area contributed by atoms with Crippen molar-refractivity contribution in [1.29, 1.82) is 0 Å². The van der Waals surface area contributed by atoms with E-state index in [9.17, 15) is 0 Å². The molecule has 0 aliphatic carbocycles. The van der Waals surface area contributed by atoms with Crippen molar-refractivity contribution in [3.05, 3.63) is 17.7 Å². The summed E-state index contributed by atoms with van der Waals surface area (Å²) in [5, 5.41) is 3.49. The summed E-state index contributed by atoms with van der Waals surface area (Å²) in [5.74, 6) is 1.30. The Morgan fingerprint density at radius 1 is 1.14 bits per heavy atom. The van der Waals surface area contributed by atoms with Crippen LogP contribution >= 0.6 is 0 Å². The van der Waals surface area contributed by atoms with Gasteiger partial charge in [0, 0.05) is 44.7 Å². The van der Waals surface area contributed by atoms with Crippen molar-refractivity contribution in [3.8, 4) is 0 Å². The summed E-state index contributed by atoms with van der Waals surface area (Å²) < 4.78 is 0. The van der Waals surface area contributed by atoms with Gasteiger partial charge in [0.1, 0.15) is 5.82 Å². The molecule has 0 spiro atoms. The molecule has 0 radical (unpaired) electrons. The van der Waals surface area contributed by atoms with Crippen LogP contribution in [0.15, 0.2) is 6.20 Å². The maximum atomic E-state index is 4.81. The van der Waals surface area contributed by atoms with Gasteiger partial charge in [0.25, 0.3) is 0 Å². The van der Waals surface area contributed by atoms with E-state index in [4.69, 9.17) is 4.98 Å². The number of nitrogens with one attached hydrogen (secondary N) is 1. The lowest BCUT2D eigenvalue weighted by Gasteiger charge is -2.34. The molecule has 0 bridgehead atoms. The molecule has 5 heteroatoms. The number of hydrogen-bond acceptors (Lipinski definition) is 5. The highest BCUT2D eigenvalue weighted by Crippen LogP contribution is 2.21. The number of likely N-dealkylation sites (N-methyl/N-ethyl adjacent to an activating group) is 1. The summed E-state index contributed by atoms with van der Waals surface area (Å²) in [5.41, 5.74) is 2.33. The number of piperazine rings is 1. The Hall–Kier alpha value is -1.20. The summed E-state index contributed by atoms with van der Waals surface area (Å²) in [7, 11) is 2.18. The summed E-state index contributed by atoms with van der Waals surface area (Å²) in [6.07, 6.45) is 2.02. The second kappa shape index (κ2) is 7.18. The first-order valence-corrected chi connectivity index (χ1v) is 8.00. The van der Waals surface area contributed by atoms with Crippen LogP contribution in [0.3, 0.4) is 0 Å². The zero-order chi connectivity index (χ0) is 15.4. The van der Waals surface area contributed by atoms with Gasteiger partial charge in [-0.15, -0.1) is 0 Å². The first-order valence-electron chi connectivity index (χ1n) is 8.00. The Morgan fingerprint density at radius 3 is 2.38 bits per heavy atom. The van der Waals surface area contributed by atoms with Gasteiger partial charge in [-0.3, -0.25) is 0 Å². The van der Waals surface area contributed by atoms with E-state index in [1.165, 1.54) is 5.69 Å². The van der Waals surface area contributed by atoms with Gasteiger partial charge in [0.05, 0.1) is 17.6 Å². The highest BCUT2D eigenvalue weighted by atomic mass is 15.3. The smallest absolute Gasteiger partial charge is 0.131 e. The Kier molecular flexibility index (Phi) is 5.53. The minimum Gasteiger partial charge on any atom is -0.366 e. The van der Waals surface area contributed by atoms with Crippen molar-refractivity contribution in [3.63, 3.8) is 0 Å². The van der Waals surface area contributed by atoms with Gasteiger partial charge < -0.3 is 15.1 Å². The largest absolute Gasteiger partial charge is 0.366 e. The molecule has 1 fully saturated rings. The Balaban J connectivity index is 2.21. The molecule has 1 aromatic rings. The van der Waals surface area contributed by atoms with Gasteiger partial charge in [-0.05, 0) is 7.05 Å². The molecule has 2 rings (SSSR count). The maximum Gasteiger partial charge on any atom is 0.131 e. The predicted molar refractivity (Wildman–Crippen MR) is 87.8 cm³/mol.